The first-order valence-electron chi connectivity index (χ1n) is 5.94. The molecule has 0 saturated carbocycles. The van der Waals surface area contributed by atoms with Gasteiger partial charge in [0.05, 0.1) is 0 Å². The normalized spacial score (nSPS) is 10.8. The Morgan fingerprint density at radius 1 is 1.37 bits per heavy atom. The monoisotopic (exact) mass is 254 g/mol. The lowest BCUT2D eigenvalue weighted by Gasteiger charge is -2.18. The van der Waals surface area contributed by atoms with Gasteiger partial charge in [-0.3, -0.25) is 4.40 Å². The maximum absolute atomic E-state index is 5.79. The molecule has 6 nitrogen and oxygen atoms in total. The van der Waals surface area contributed by atoms with Crippen LogP contribution in [0.1, 0.15) is 5.56 Å². The van der Waals surface area contributed by atoms with E-state index < -0.39 is 0 Å². The largest absolute Gasteiger partial charge is 0.399 e. The molecule has 0 aliphatic carbocycles. The molecular formula is C13H14N6. The molecule has 0 aliphatic rings. The van der Waals surface area contributed by atoms with Gasteiger partial charge in [-0.05, 0) is 17.7 Å². The molecule has 1 aromatic carbocycles. The standard InChI is InChI=1S/C13H14N6/c1-18(8-10-3-2-4-11(14)7-10)12-13-17-16-9-19(13)6-5-15-12/h2-7,9H,8,14H2,1H3. The molecule has 2 aromatic heterocycles. The number of hydrogen-bond donors (Lipinski definition) is 1. The van der Waals surface area contributed by atoms with E-state index in [-0.39, 0.29) is 0 Å². The SMILES string of the molecule is CN(Cc1cccc(N)c1)c1nccn2cnnc12. The van der Waals surface area contributed by atoms with Crippen LogP contribution in [0.25, 0.3) is 5.65 Å². The minimum Gasteiger partial charge on any atom is -0.399 e. The highest BCUT2D eigenvalue weighted by atomic mass is 15.3. The fraction of sp³-hybridized carbons (Fsp3) is 0.154. The summed E-state index contributed by atoms with van der Waals surface area (Å²) >= 11 is 0. The summed E-state index contributed by atoms with van der Waals surface area (Å²) < 4.78 is 1.85. The van der Waals surface area contributed by atoms with Crippen molar-refractivity contribution in [3.05, 3.63) is 48.5 Å². The van der Waals surface area contributed by atoms with Crippen LogP contribution in [0.15, 0.2) is 43.0 Å². The molecular weight excluding hydrogens is 240 g/mol. The quantitative estimate of drug-likeness (QED) is 0.714. The predicted octanol–water partition coefficient (Wildman–Crippen LogP) is 1.34. The third-order valence-corrected chi connectivity index (χ3v) is 2.93. The molecule has 0 spiro atoms. The number of nitrogens with two attached hydrogens (primary N) is 1. The summed E-state index contributed by atoms with van der Waals surface area (Å²) in [6, 6.07) is 7.82. The van der Waals surface area contributed by atoms with E-state index in [1.807, 2.05) is 46.8 Å². The minimum atomic E-state index is 0.713. The van der Waals surface area contributed by atoms with E-state index >= 15 is 0 Å². The van der Waals surface area contributed by atoms with E-state index in [2.05, 4.69) is 15.2 Å². The average molecular weight is 254 g/mol. The highest BCUT2D eigenvalue weighted by molar-refractivity contribution is 5.63. The van der Waals surface area contributed by atoms with Crippen molar-refractivity contribution in [2.75, 3.05) is 17.7 Å². The lowest BCUT2D eigenvalue weighted by atomic mass is 10.2. The number of anilines is 2. The summed E-state index contributed by atoms with van der Waals surface area (Å²) in [5.74, 6) is 0.794. The number of fused-ring (bicyclic) bond motifs is 1. The van der Waals surface area contributed by atoms with Gasteiger partial charge >= 0.3 is 0 Å². The van der Waals surface area contributed by atoms with E-state index in [9.17, 15) is 0 Å². The predicted molar refractivity (Wildman–Crippen MR) is 73.7 cm³/mol. The topological polar surface area (TPSA) is 72.3 Å². The van der Waals surface area contributed by atoms with Crippen molar-refractivity contribution >= 4 is 17.2 Å². The van der Waals surface area contributed by atoms with Crippen molar-refractivity contribution in [2.24, 2.45) is 0 Å². The van der Waals surface area contributed by atoms with E-state index in [1.165, 1.54) is 0 Å². The van der Waals surface area contributed by atoms with Gasteiger partial charge in [0, 0.05) is 31.7 Å². The van der Waals surface area contributed by atoms with Gasteiger partial charge in [0.1, 0.15) is 6.33 Å². The van der Waals surface area contributed by atoms with Crippen molar-refractivity contribution in [1.82, 2.24) is 19.6 Å². The van der Waals surface area contributed by atoms with Crippen LogP contribution >= 0.6 is 0 Å². The van der Waals surface area contributed by atoms with Crippen LogP contribution in [-0.2, 0) is 6.54 Å². The first-order valence-corrected chi connectivity index (χ1v) is 5.94. The Balaban J connectivity index is 1.91. The summed E-state index contributed by atoms with van der Waals surface area (Å²) in [6.07, 6.45) is 5.23. The van der Waals surface area contributed by atoms with Gasteiger partial charge in [-0.15, -0.1) is 10.2 Å². The Hall–Kier alpha value is -2.63. The number of benzene rings is 1. The van der Waals surface area contributed by atoms with Crippen LogP contribution in [0.5, 0.6) is 0 Å². The Bertz CT molecular complexity index is 705. The van der Waals surface area contributed by atoms with Gasteiger partial charge in [0.15, 0.2) is 5.82 Å². The highest BCUT2D eigenvalue weighted by Gasteiger charge is 2.10. The van der Waals surface area contributed by atoms with Crippen molar-refractivity contribution in [1.29, 1.82) is 0 Å². The molecule has 0 fully saturated rings. The van der Waals surface area contributed by atoms with Crippen LogP contribution in [0.4, 0.5) is 11.5 Å². The lowest BCUT2D eigenvalue weighted by molar-refractivity contribution is 0.892. The third-order valence-electron chi connectivity index (χ3n) is 2.93. The molecule has 0 bridgehead atoms. The fourth-order valence-corrected chi connectivity index (χ4v) is 2.05. The van der Waals surface area contributed by atoms with Gasteiger partial charge in [0.2, 0.25) is 5.65 Å². The van der Waals surface area contributed by atoms with Crippen molar-refractivity contribution in [3.63, 3.8) is 0 Å². The first-order chi connectivity index (χ1) is 9.24. The zero-order valence-corrected chi connectivity index (χ0v) is 10.6. The number of hydrogen-bond acceptors (Lipinski definition) is 5. The Kier molecular flexibility index (Phi) is 2.75. The molecule has 3 aromatic rings. The third kappa shape index (κ3) is 2.20. The molecule has 0 saturated heterocycles. The van der Waals surface area contributed by atoms with E-state index in [0.29, 0.717) is 6.54 Å². The molecule has 0 aliphatic heterocycles. The zero-order valence-electron chi connectivity index (χ0n) is 10.6. The lowest BCUT2D eigenvalue weighted by Crippen LogP contribution is -2.18. The van der Waals surface area contributed by atoms with Crippen LogP contribution in [0.2, 0.25) is 0 Å². The van der Waals surface area contributed by atoms with E-state index in [4.69, 9.17) is 5.73 Å². The molecule has 6 heteroatoms. The Morgan fingerprint density at radius 2 is 2.26 bits per heavy atom. The maximum atomic E-state index is 5.79. The van der Waals surface area contributed by atoms with E-state index in [1.54, 1.807) is 12.5 Å². The second-order valence-electron chi connectivity index (χ2n) is 4.41. The summed E-state index contributed by atoms with van der Waals surface area (Å²) in [4.78, 5) is 6.40. The van der Waals surface area contributed by atoms with Crippen LogP contribution in [0, 0.1) is 0 Å². The van der Waals surface area contributed by atoms with Gasteiger partial charge in [-0.2, -0.15) is 0 Å². The molecule has 3 rings (SSSR count). The Labute approximate surface area is 110 Å². The summed E-state index contributed by atoms with van der Waals surface area (Å²) in [5.41, 5.74) is 8.42. The van der Waals surface area contributed by atoms with Gasteiger partial charge in [0.25, 0.3) is 0 Å². The molecule has 2 N–H and O–H groups in total. The molecule has 0 atom stereocenters. The molecule has 0 unspecified atom stereocenters. The smallest absolute Gasteiger partial charge is 0.203 e. The summed E-state index contributed by atoms with van der Waals surface area (Å²) in [6.45, 7) is 0.713. The van der Waals surface area contributed by atoms with Gasteiger partial charge in [-0.1, -0.05) is 12.1 Å². The highest BCUT2D eigenvalue weighted by Crippen LogP contribution is 2.17. The van der Waals surface area contributed by atoms with Crippen LogP contribution in [0.3, 0.4) is 0 Å². The van der Waals surface area contributed by atoms with Crippen molar-refractivity contribution in [3.8, 4) is 0 Å². The van der Waals surface area contributed by atoms with Crippen LogP contribution in [-0.4, -0.2) is 26.6 Å². The number of nitrogens with zero attached hydrogens (tertiary/aromatic N) is 5. The van der Waals surface area contributed by atoms with Crippen LogP contribution < -0.4 is 10.6 Å². The number of aromatic nitrogens is 4. The zero-order chi connectivity index (χ0) is 13.2. The van der Waals surface area contributed by atoms with Crippen molar-refractivity contribution < 1.29 is 0 Å². The number of rotatable bonds is 3. The first kappa shape index (κ1) is 11.5. The minimum absolute atomic E-state index is 0.713. The average Bonchev–Trinajstić information content (AvgIpc) is 2.86. The second-order valence-corrected chi connectivity index (χ2v) is 4.41. The fourth-order valence-electron chi connectivity index (χ4n) is 2.05. The second kappa shape index (κ2) is 4.56. The molecule has 0 radical (unpaired) electrons. The van der Waals surface area contributed by atoms with Gasteiger partial charge < -0.3 is 10.6 Å². The maximum Gasteiger partial charge on any atom is 0.203 e. The molecule has 19 heavy (non-hydrogen) atoms. The summed E-state index contributed by atoms with van der Waals surface area (Å²) in [5, 5.41) is 7.97. The Morgan fingerprint density at radius 3 is 3.11 bits per heavy atom. The van der Waals surface area contributed by atoms with Crippen molar-refractivity contribution in [2.45, 2.75) is 6.54 Å². The summed E-state index contributed by atoms with van der Waals surface area (Å²) in [7, 11) is 1.97. The van der Waals surface area contributed by atoms with E-state index in [0.717, 1.165) is 22.7 Å². The molecule has 2 heterocycles. The molecule has 96 valence electrons. The van der Waals surface area contributed by atoms with Gasteiger partial charge in [-0.25, -0.2) is 4.98 Å². The molecule has 0 amide bonds. The number of nitrogen functional groups attached to an aromatic ring is 1.